The number of rotatable bonds is 7. The summed E-state index contributed by atoms with van der Waals surface area (Å²) >= 11 is 0. The highest BCUT2D eigenvalue weighted by Crippen LogP contribution is 2.11. The summed E-state index contributed by atoms with van der Waals surface area (Å²) in [5, 5.41) is 0. The Morgan fingerprint density at radius 3 is 2.52 bits per heavy atom. The van der Waals surface area contributed by atoms with Crippen LogP contribution in [0, 0.1) is 0 Å². The molecule has 2 aromatic rings. The van der Waals surface area contributed by atoms with Gasteiger partial charge in [0.2, 0.25) is 0 Å². The minimum absolute atomic E-state index is 0.0149. The maximum atomic E-state index is 11.1. The first-order valence-electron chi connectivity index (χ1n) is 6.90. The van der Waals surface area contributed by atoms with Gasteiger partial charge < -0.3 is 9.30 Å². The van der Waals surface area contributed by atoms with Crippen LogP contribution in [0.4, 0.5) is 0 Å². The fraction of sp³-hybridized carbons (Fsp3) is 0.333. The van der Waals surface area contributed by atoms with Gasteiger partial charge in [0, 0.05) is 19.7 Å². The maximum Gasteiger partial charge on any atom is 0.303 e. The molecule has 1 aromatic heterocycles. The third-order valence-corrected chi connectivity index (χ3v) is 3.48. The Labute approximate surface area is 135 Å². The minimum Gasteiger partial charge on any atom is -0.458 e. The van der Waals surface area contributed by atoms with E-state index in [0.717, 1.165) is 11.8 Å². The van der Waals surface area contributed by atoms with Crippen molar-refractivity contribution in [1.29, 1.82) is 0 Å². The summed E-state index contributed by atoms with van der Waals surface area (Å²) in [7, 11) is -3.55. The topological polar surface area (TPSA) is 87.5 Å². The monoisotopic (exact) mass is 338 g/mol. The van der Waals surface area contributed by atoms with E-state index >= 15 is 0 Å². The summed E-state index contributed by atoms with van der Waals surface area (Å²) in [4.78, 5) is 15.3. The summed E-state index contributed by atoms with van der Waals surface area (Å²) < 4.78 is 33.7. The molecule has 0 spiro atoms. The van der Waals surface area contributed by atoms with Crippen molar-refractivity contribution in [1.82, 2.24) is 9.55 Å². The van der Waals surface area contributed by atoms with Crippen molar-refractivity contribution in [2.75, 3.05) is 6.26 Å². The van der Waals surface area contributed by atoms with Gasteiger partial charge in [0.25, 0.3) is 10.1 Å². The number of ether oxygens (including phenoxy) is 1. The molecule has 0 aliphatic rings. The van der Waals surface area contributed by atoms with Crippen molar-refractivity contribution in [3.63, 3.8) is 0 Å². The number of nitrogens with zero attached hydrogens (tertiary/aromatic N) is 2. The lowest BCUT2D eigenvalue weighted by molar-refractivity contribution is -0.142. The van der Waals surface area contributed by atoms with Gasteiger partial charge in [-0.3, -0.25) is 8.98 Å². The van der Waals surface area contributed by atoms with Crippen LogP contribution in [0.25, 0.3) is 0 Å². The lowest BCUT2D eigenvalue weighted by atomic mass is 10.2. The predicted octanol–water partition coefficient (Wildman–Crippen LogP) is 1.47. The molecule has 124 valence electrons. The Morgan fingerprint density at radius 2 is 1.91 bits per heavy atom. The van der Waals surface area contributed by atoms with E-state index in [4.69, 9.17) is 8.92 Å². The van der Waals surface area contributed by atoms with E-state index in [9.17, 15) is 13.2 Å². The molecule has 1 aromatic carbocycles. The Bertz CT molecular complexity index is 768. The Balaban J connectivity index is 2.19. The van der Waals surface area contributed by atoms with Gasteiger partial charge in [-0.15, -0.1) is 0 Å². The Kier molecular flexibility index (Phi) is 5.51. The normalized spacial score (nSPS) is 11.4. The van der Waals surface area contributed by atoms with Gasteiger partial charge in [-0.1, -0.05) is 30.3 Å². The Hall–Kier alpha value is -2.19. The number of hydrogen-bond donors (Lipinski definition) is 0. The van der Waals surface area contributed by atoms with Crippen molar-refractivity contribution in [2.24, 2.45) is 0 Å². The zero-order chi connectivity index (χ0) is 16.9. The zero-order valence-electron chi connectivity index (χ0n) is 12.9. The third kappa shape index (κ3) is 5.84. The molecule has 0 N–H and O–H groups in total. The quantitative estimate of drug-likeness (QED) is 0.561. The smallest absolute Gasteiger partial charge is 0.303 e. The van der Waals surface area contributed by atoms with Crippen LogP contribution in [0.1, 0.15) is 24.0 Å². The number of benzene rings is 1. The van der Waals surface area contributed by atoms with E-state index in [0.29, 0.717) is 18.1 Å². The molecule has 7 nitrogen and oxygen atoms in total. The van der Waals surface area contributed by atoms with Gasteiger partial charge in [-0.2, -0.15) is 8.42 Å². The van der Waals surface area contributed by atoms with Gasteiger partial charge in [0.1, 0.15) is 19.0 Å². The van der Waals surface area contributed by atoms with Crippen molar-refractivity contribution in [2.45, 2.75) is 26.7 Å². The summed E-state index contributed by atoms with van der Waals surface area (Å²) in [5.41, 5.74) is 1.50. The van der Waals surface area contributed by atoms with E-state index in [2.05, 4.69) is 4.98 Å². The molecule has 0 unspecified atom stereocenters. The fourth-order valence-corrected chi connectivity index (χ4v) is 2.28. The summed E-state index contributed by atoms with van der Waals surface area (Å²) in [5.74, 6) is 0.115. The number of aromatic nitrogens is 2. The molecule has 1 heterocycles. The molecule has 0 bridgehead atoms. The number of carbonyl (C=O) groups is 1. The first kappa shape index (κ1) is 17.2. The molecule has 23 heavy (non-hydrogen) atoms. The molecule has 0 aliphatic heterocycles. The first-order valence-corrected chi connectivity index (χ1v) is 8.72. The highest BCUT2D eigenvalue weighted by atomic mass is 32.2. The lowest BCUT2D eigenvalue weighted by Crippen LogP contribution is -2.08. The van der Waals surface area contributed by atoms with E-state index in [1.807, 2.05) is 30.3 Å². The second-order valence-corrected chi connectivity index (χ2v) is 6.65. The molecular weight excluding hydrogens is 320 g/mol. The van der Waals surface area contributed by atoms with Crippen molar-refractivity contribution in [3.8, 4) is 0 Å². The molecule has 0 saturated carbocycles. The summed E-state index contributed by atoms with van der Waals surface area (Å²) in [6.45, 7) is 1.70. The summed E-state index contributed by atoms with van der Waals surface area (Å²) in [6, 6.07) is 9.69. The maximum absolute atomic E-state index is 11.1. The highest BCUT2D eigenvalue weighted by Gasteiger charge is 2.12. The van der Waals surface area contributed by atoms with E-state index in [1.54, 1.807) is 10.8 Å². The number of hydrogen-bond acceptors (Lipinski definition) is 6. The summed E-state index contributed by atoms with van der Waals surface area (Å²) in [6.07, 6.45) is 2.67. The number of esters is 1. The van der Waals surface area contributed by atoms with E-state index < -0.39 is 16.1 Å². The van der Waals surface area contributed by atoms with Gasteiger partial charge in [-0.25, -0.2) is 4.98 Å². The van der Waals surface area contributed by atoms with Crippen LogP contribution in [0.2, 0.25) is 0 Å². The lowest BCUT2D eigenvalue weighted by Gasteiger charge is -2.07. The molecule has 0 amide bonds. The molecule has 0 fully saturated rings. The second-order valence-electron chi connectivity index (χ2n) is 5.01. The molecule has 0 atom stereocenters. The standard InChI is InChI=1S/C15H18N2O5S/c1-12(18)21-11-15-16-14(10-22-23(2,19)20)9-17(15)8-13-6-4-3-5-7-13/h3-7,9H,8,10-11H2,1-2H3. The van der Waals surface area contributed by atoms with Crippen LogP contribution in [0.3, 0.4) is 0 Å². The molecular formula is C15H18N2O5S. The van der Waals surface area contributed by atoms with E-state index in [1.165, 1.54) is 6.92 Å². The number of imidazole rings is 1. The van der Waals surface area contributed by atoms with Gasteiger partial charge in [0.05, 0.1) is 11.9 Å². The van der Waals surface area contributed by atoms with Crippen LogP contribution in [-0.4, -0.2) is 30.2 Å². The zero-order valence-corrected chi connectivity index (χ0v) is 13.7. The average Bonchev–Trinajstić information content (AvgIpc) is 2.85. The molecule has 0 aliphatic carbocycles. The van der Waals surface area contributed by atoms with Crippen LogP contribution in [0.5, 0.6) is 0 Å². The van der Waals surface area contributed by atoms with Gasteiger partial charge in [0.15, 0.2) is 0 Å². The third-order valence-electron chi connectivity index (χ3n) is 2.93. The molecule has 0 radical (unpaired) electrons. The van der Waals surface area contributed by atoms with Crippen LogP contribution in [0.15, 0.2) is 36.5 Å². The van der Waals surface area contributed by atoms with Crippen molar-refractivity contribution < 1.29 is 22.1 Å². The van der Waals surface area contributed by atoms with Crippen molar-refractivity contribution >= 4 is 16.1 Å². The Morgan fingerprint density at radius 1 is 1.22 bits per heavy atom. The SMILES string of the molecule is CC(=O)OCc1nc(COS(C)(=O)=O)cn1Cc1ccccc1. The van der Waals surface area contributed by atoms with Gasteiger partial charge in [-0.05, 0) is 5.56 Å². The molecule has 8 heteroatoms. The fourth-order valence-electron chi connectivity index (χ4n) is 1.95. The number of carbonyl (C=O) groups excluding carboxylic acids is 1. The first-order chi connectivity index (χ1) is 10.8. The highest BCUT2D eigenvalue weighted by molar-refractivity contribution is 7.85. The second kappa shape index (κ2) is 7.38. The minimum atomic E-state index is -3.55. The predicted molar refractivity (Wildman–Crippen MR) is 82.9 cm³/mol. The van der Waals surface area contributed by atoms with Crippen LogP contribution >= 0.6 is 0 Å². The molecule has 2 rings (SSSR count). The largest absolute Gasteiger partial charge is 0.458 e. The van der Waals surface area contributed by atoms with Crippen LogP contribution < -0.4 is 0 Å². The molecule has 0 saturated heterocycles. The van der Waals surface area contributed by atoms with Crippen molar-refractivity contribution in [3.05, 3.63) is 53.6 Å². The van der Waals surface area contributed by atoms with Crippen LogP contribution in [-0.2, 0) is 43.6 Å². The van der Waals surface area contributed by atoms with E-state index in [-0.39, 0.29) is 13.2 Å². The average molecular weight is 338 g/mol. The van der Waals surface area contributed by atoms with Gasteiger partial charge >= 0.3 is 5.97 Å².